The molecular weight excluding hydrogens is 540 g/mol. The van der Waals surface area contributed by atoms with Gasteiger partial charge in [0.05, 0.1) is 46.1 Å². The third-order valence-electron chi connectivity index (χ3n) is 6.59. The summed E-state index contributed by atoms with van der Waals surface area (Å²) in [6.45, 7) is 1.97. The molecule has 3 aromatic rings. The number of carbonyl (C=O) groups excluding carboxylic acids is 2. The molecule has 0 saturated heterocycles. The maximum atomic E-state index is 14.0. The monoisotopic (exact) mass is 568 g/mol. The van der Waals surface area contributed by atoms with E-state index in [9.17, 15) is 9.59 Å². The molecule has 9 heteroatoms. The van der Waals surface area contributed by atoms with Crippen molar-refractivity contribution in [1.29, 1.82) is 0 Å². The van der Waals surface area contributed by atoms with Crippen LogP contribution < -0.4 is 24.3 Å². The first-order chi connectivity index (χ1) is 17.7. The third kappa shape index (κ3) is 4.83. The maximum Gasteiger partial charge on any atom is 0.254 e. The highest BCUT2D eigenvalue weighted by Crippen LogP contribution is 2.47. The van der Waals surface area contributed by atoms with Crippen molar-refractivity contribution in [2.24, 2.45) is 0 Å². The fourth-order valence-corrected chi connectivity index (χ4v) is 5.31. The lowest BCUT2D eigenvalue weighted by atomic mass is 9.79. The van der Waals surface area contributed by atoms with Crippen LogP contribution in [-0.2, 0) is 4.79 Å². The minimum absolute atomic E-state index is 0.240. The van der Waals surface area contributed by atoms with Gasteiger partial charge in [-0.15, -0.1) is 0 Å². The van der Waals surface area contributed by atoms with E-state index in [2.05, 4.69) is 21.2 Å². The number of amides is 2. The highest BCUT2D eigenvalue weighted by molar-refractivity contribution is 9.10. The summed E-state index contributed by atoms with van der Waals surface area (Å²) >= 11 is 3.54. The van der Waals surface area contributed by atoms with Gasteiger partial charge in [0.25, 0.3) is 5.91 Å². The molecule has 0 aromatic heterocycles. The predicted octanol–water partition coefficient (Wildman–Crippen LogP) is 5.34. The lowest BCUT2D eigenvalue weighted by Gasteiger charge is -2.40. The zero-order valence-electron chi connectivity index (χ0n) is 21.5. The van der Waals surface area contributed by atoms with Crippen molar-refractivity contribution in [3.8, 4) is 23.0 Å². The summed E-state index contributed by atoms with van der Waals surface area (Å²) in [7, 11) is 7.81. The Hall–Kier alpha value is -3.72. The normalized spacial score (nSPS) is 16.6. The Morgan fingerprint density at radius 1 is 0.865 bits per heavy atom. The summed E-state index contributed by atoms with van der Waals surface area (Å²) in [6.07, 6.45) is 0. The number of benzene rings is 3. The van der Waals surface area contributed by atoms with Gasteiger partial charge in [-0.2, -0.15) is 0 Å². The SMILES string of the molecule is COc1ccc([C@H]2[C@@H](C(=O)Nc3ccc(C)cc3Br)c3cc(OC)c(OC)cc3C(=O)N2C)cc1OC. The number of ether oxygens (including phenoxy) is 4. The van der Waals surface area contributed by atoms with Gasteiger partial charge in [0.1, 0.15) is 0 Å². The van der Waals surface area contributed by atoms with Crippen molar-refractivity contribution >= 4 is 33.4 Å². The Labute approximate surface area is 224 Å². The van der Waals surface area contributed by atoms with E-state index in [-0.39, 0.29) is 11.8 Å². The highest BCUT2D eigenvalue weighted by Gasteiger charge is 2.44. The van der Waals surface area contributed by atoms with Gasteiger partial charge >= 0.3 is 0 Å². The van der Waals surface area contributed by atoms with Crippen LogP contribution in [-0.4, -0.2) is 52.2 Å². The number of carbonyl (C=O) groups is 2. The van der Waals surface area contributed by atoms with Crippen LogP contribution in [0, 0.1) is 6.92 Å². The average molecular weight is 569 g/mol. The molecule has 3 aromatic carbocycles. The Morgan fingerprint density at radius 3 is 2.11 bits per heavy atom. The van der Waals surface area contributed by atoms with Crippen LogP contribution in [0.4, 0.5) is 5.69 Å². The van der Waals surface area contributed by atoms with Crippen LogP contribution in [0.1, 0.15) is 39.0 Å². The number of fused-ring (bicyclic) bond motifs is 1. The Kier molecular flexibility index (Phi) is 7.63. The number of halogens is 1. The molecule has 0 aliphatic carbocycles. The molecule has 1 heterocycles. The van der Waals surface area contributed by atoms with Gasteiger partial charge in [0.2, 0.25) is 5.91 Å². The van der Waals surface area contributed by atoms with E-state index < -0.39 is 12.0 Å². The Balaban J connectivity index is 1.91. The Bertz CT molecular complexity index is 1360. The molecule has 194 valence electrons. The zero-order chi connectivity index (χ0) is 26.9. The van der Waals surface area contributed by atoms with Gasteiger partial charge in [-0.1, -0.05) is 12.1 Å². The quantitative estimate of drug-likeness (QED) is 0.414. The van der Waals surface area contributed by atoms with Crippen LogP contribution in [0.5, 0.6) is 23.0 Å². The number of methoxy groups -OCH3 is 4. The second-order valence-electron chi connectivity index (χ2n) is 8.72. The molecule has 2 atom stereocenters. The van der Waals surface area contributed by atoms with Gasteiger partial charge in [-0.05, 0) is 75.9 Å². The number of aryl methyl sites for hydroxylation is 1. The van der Waals surface area contributed by atoms with E-state index in [1.165, 1.54) is 14.2 Å². The van der Waals surface area contributed by atoms with E-state index >= 15 is 0 Å². The van der Waals surface area contributed by atoms with E-state index in [0.717, 1.165) is 15.6 Å². The summed E-state index contributed by atoms with van der Waals surface area (Å²) in [5, 5.41) is 3.05. The van der Waals surface area contributed by atoms with Crippen LogP contribution >= 0.6 is 15.9 Å². The van der Waals surface area contributed by atoms with Crippen LogP contribution in [0.3, 0.4) is 0 Å². The van der Waals surface area contributed by atoms with E-state index in [4.69, 9.17) is 18.9 Å². The van der Waals surface area contributed by atoms with Gasteiger partial charge in [0, 0.05) is 17.1 Å². The zero-order valence-corrected chi connectivity index (χ0v) is 23.1. The molecule has 37 heavy (non-hydrogen) atoms. The highest BCUT2D eigenvalue weighted by atomic mass is 79.9. The van der Waals surface area contributed by atoms with E-state index in [1.54, 1.807) is 50.4 Å². The summed E-state index contributed by atoms with van der Waals surface area (Å²) < 4.78 is 22.6. The molecule has 1 aliphatic rings. The molecule has 4 rings (SSSR count). The van der Waals surface area contributed by atoms with Crippen LogP contribution in [0.15, 0.2) is 53.0 Å². The number of anilines is 1. The van der Waals surface area contributed by atoms with Crippen molar-refractivity contribution in [2.75, 3.05) is 40.8 Å². The van der Waals surface area contributed by atoms with E-state index in [1.807, 2.05) is 31.2 Å². The van der Waals surface area contributed by atoms with Crippen molar-refractivity contribution in [1.82, 2.24) is 4.90 Å². The first-order valence-electron chi connectivity index (χ1n) is 11.6. The lowest BCUT2D eigenvalue weighted by molar-refractivity contribution is -0.119. The lowest BCUT2D eigenvalue weighted by Crippen LogP contribution is -2.44. The standard InChI is InChI=1S/C28H29BrN2O6/c1-15-7-9-20(19(29)11-15)30-27(32)25-17-13-23(36-5)24(37-6)14-18(17)28(33)31(2)26(25)16-8-10-21(34-3)22(12-16)35-4/h7-14,25-26H,1-6H3,(H,30,32)/t25-,26-/m0/s1. The maximum absolute atomic E-state index is 14.0. The largest absolute Gasteiger partial charge is 0.493 e. The number of hydrogen-bond acceptors (Lipinski definition) is 6. The molecule has 1 N–H and O–H groups in total. The minimum Gasteiger partial charge on any atom is -0.493 e. The van der Waals surface area contributed by atoms with Crippen molar-refractivity contribution < 1.29 is 28.5 Å². The third-order valence-corrected chi connectivity index (χ3v) is 7.24. The molecule has 0 bridgehead atoms. The molecule has 1 aliphatic heterocycles. The van der Waals surface area contributed by atoms with Crippen molar-refractivity contribution in [3.63, 3.8) is 0 Å². The van der Waals surface area contributed by atoms with Gasteiger partial charge in [0.15, 0.2) is 23.0 Å². The topological polar surface area (TPSA) is 86.3 Å². The number of hydrogen-bond donors (Lipinski definition) is 1. The second-order valence-corrected chi connectivity index (χ2v) is 9.57. The first kappa shape index (κ1) is 26.3. The smallest absolute Gasteiger partial charge is 0.254 e. The second kappa shape index (κ2) is 10.7. The molecule has 0 radical (unpaired) electrons. The van der Waals surface area contributed by atoms with Crippen LogP contribution in [0.25, 0.3) is 0 Å². The number of likely N-dealkylation sites (N-methyl/N-ethyl adjacent to an activating group) is 1. The average Bonchev–Trinajstić information content (AvgIpc) is 2.90. The summed E-state index contributed by atoms with van der Waals surface area (Å²) in [5.74, 6) is 0.594. The summed E-state index contributed by atoms with van der Waals surface area (Å²) in [6, 6.07) is 13.8. The molecular formula is C28H29BrN2O6. The fourth-order valence-electron chi connectivity index (χ4n) is 4.72. The number of rotatable bonds is 7. The predicted molar refractivity (Wildman–Crippen MR) is 144 cm³/mol. The minimum atomic E-state index is -0.774. The van der Waals surface area contributed by atoms with Crippen molar-refractivity contribution in [2.45, 2.75) is 18.9 Å². The number of nitrogens with one attached hydrogen (secondary N) is 1. The molecule has 8 nitrogen and oxygen atoms in total. The number of nitrogens with zero attached hydrogens (tertiary/aromatic N) is 1. The van der Waals surface area contributed by atoms with Crippen molar-refractivity contribution in [3.05, 3.63) is 75.3 Å². The molecule has 0 fully saturated rings. The van der Waals surface area contributed by atoms with E-state index in [0.29, 0.717) is 39.8 Å². The Morgan fingerprint density at radius 2 is 1.49 bits per heavy atom. The van der Waals surface area contributed by atoms with Crippen LogP contribution in [0.2, 0.25) is 0 Å². The summed E-state index contributed by atoms with van der Waals surface area (Å²) in [4.78, 5) is 29.2. The van der Waals surface area contributed by atoms with Gasteiger partial charge < -0.3 is 29.2 Å². The van der Waals surface area contributed by atoms with Gasteiger partial charge in [-0.3, -0.25) is 9.59 Å². The molecule has 0 saturated carbocycles. The fraction of sp³-hybridized carbons (Fsp3) is 0.286. The molecule has 0 spiro atoms. The molecule has 2 amide bonds. The van der Waals surface area contributed by atoms with Gasteiger partial charge in [-0.25, -0.2) is 0 Å². The summed E-state index contributed by atoms with van der Waals surface area (Å²) in [5.41, 5.74) is 3.32. The molecule has 0 unspecified atom stereocenters. The first-order valence-corrected chi connectivity index (χ1v) is 12.3.